The van der Waals surface area contributed by atoms with Crippen molar-refractivity contribution in [1.29, 1.82) is 0 Å². The van der Waals surface area contributed by atoms with E-state index < -0.39 is 0 Å². The fraction of sp³-hybridized carbons (Fsp3) is 0.857. The lowest BCUT2D eigenvalue weighted by molar-refractivity contribution is 0.0168. The lowest BCUT2D eigenvalue weighted by Crippen LogP contribution is -2.38. The Bertz CT molecular complexity index is 128. The summed E-state index contributed by atoms with van der Waals surface area (Å²) >= 11 is 0. The van der Waals surface area contributed by atoms with Crippen LogP contribution in [0.2, 0.25) is 0 Å². The van der Waals surface area contributed by atoms with Gasteiger partial charge < -0.3 is 0 Å². The first-order valence-electron chi connectivity index (χ1n) is 3.42. The molecule has 0 radical (unpaired) electrons. The van der Waals surface area contributed by atoms with E-state index in [4.69, 9.17) is 10.7 Å². The highest BCUT2D eigenvalue weighted by molar-refractivity contribution is 5.89. The number of rotatable bonds is 3. The van der Waals surface area contributed by atoms with Crippen LogP contribution in [0, 0.1) is 0 Å². The summed E-state index contributed by atoms with van der Waals surface area (Å²) < 4.78 is 0. The Morgan fingerprint density at radius 1 is 1.70 bits per heavy atom. The van der Waals surface area contributed by atoms with Gasteiger partial charge in [0.1, 0.15) is 5.60 Å². The average Bonchev–Trinajstić information content (AvgIpc) is 2.01. The van der Waals surface area contributed by atoms with Crippen LogP contribution in [0.5, 0.6) is 0 Å². The van der Waals surface area contributed by atoms with Gasteiger partial charge in [0.15, 0.2) is 0 Å². The standard InChI is InChI=1S/C7H16N2O/c1-5-7(3,10-8)6(2)9-4/h5,8H2,1-4H3. The zero-order chi connectivity index (χ0) is 8.20. The number of nitrogens with zero attached hydrogens (tertiary/aromatic N) is 1. The maximum Gasteiger partial charge on any atom is 0.123 e. The van der Waals surface area contributed by atoms with E-state index in [1.54, 1.807) is 7.05 Å². The third-order valence-corrected chi connectivity index (χ3v) is 2.04. The minimum Gasteiger partial charge on any atom is -0.295 e. The predicted octanol–water partition coefficient (Wildman–Crippen LogP) is 1.14. The quantitative estimate of drug-likeness (QED) is 0.477. The second kappa shape index (κ2) is 3.68. The molecule has 1 unspecified atom stereocenters. The summed E-state index contributed by atoms with van der Waals surface area (Å²) in [6.45, 7) is 5.85. The summed E-state index contributed by atoms with van der Waals surface area (Å²) in [5.41, 5.74) is 0.548. The van der Waals surface area contributed by atoms with E-state index in [0.717, 1.165) is 12.1 Å². The van der Waals surface area contributed by atoms with Crippen molar-refractivity contribution >= 4 is 5.71 Å². The van der Waals surface area contributed by atoms with Crippen molar-refractivity contribution in [3.8, 4) is 0 Å². The SMILES string of the molecule is CCC(C)(ON)C(C)=NC. The summed E-state index contributed by atoms with van der Waals surface area (Å²) in [5.74, 6) is 5.11. The highest BCUT2D eigenvalue weighted by atomic mass is 16.6. The Balaban J connectivity index is 4.32. The minimum absolute atomic E-state index is 0.380. The molecule has 0 rings (SSSR count). The molecule has 0 saturated heterocycles. The molecule has 10 heavy (non-hydrogen) atoms. The zero-order valence-corrected chi connectivity index (χ0v) is 7.14. The summed E-state index contributed by atoms with van der Waals surface area (Å²) in [6.07, 6.45) is 0.840. The molecule has 0 aromatic carbocycles. The van der Waals surface area contributed by atoms with Crippen LogP contribution in [-0.4, -0.2) is 18.4 Å². The molecule has 2 N–H and O–H groups in total. The summed E-state index contributed by atoms with van der Waals surface area (Å²) in [7, 11) is 1.74. The maximum atomic E-state index is 5.11. The molecule has 0 aliphatic heterocycles. The van der Waals surface area contributed by atoms with E-state index in [9.17, 15) is 0 Å². The largest absolute Gasteiger partial charge is 0.295 e. The highest BCUT2D eigenvalue weighted by Gasteiger charge is 2.25. The molecule has 0 heterocycles. The van der Waals surface area contributed by atoms with Gasteiger partial charge in [-0.15, -0.1) is 0 Å². The van der Waals surface area contributed by atoms with Gasteiger partial charge in [0.2, 0.25) is 0 Å². The van der Waals surface area contributed by atoms with E-state index in [0.29, 0.717) is 0 Å². The molecular formula is C7H16N2O. The van der Waals surface area contributed by atoms with Gasteiger partial charge in [-0.25, -0.2) is 5.90 Å². The third kappa shape index (κ3) is 1.78. The van der Waals surface area contributed by atoms with E-state index in [1.807, 2.05) is 20.8 Å². The van der Waals surface area contributed by atoms with Crippen molar-refractivity contribution in [3.63, 3.8) is 0 Å². The number of aliphatic imine (C=N–C) groups is 1. The normalized spacial score (nSPS) is 18.7. The van der Waals surface area contributed by atoms with Gasteiger partial charge in [0.05, 0.1) is 0 Å². The smallest absolute Gasteiger partial charge is 0.123 e. The van der Waals surface area contributed by atoms with Gasteiger partial charge in [-0.3, -0.25) is 9.83 Å². The minimum atomic E-state index is -0.380. The van der Waals surface area contributed by atoms with Crippen molar-refractivity contribution in [1.82, 2.24) is 0 Å². The Labute approximate surface area is 62.2 Å². The summed E-state index contributed by atoms with van der Waals surface area (Å²) in [5, 5.41) is 0. The third-order valence-electron chi connectivity index (χ3n) is 2.04. The molecule has 0 saturated carbocycles. The second-order valence-electron chi connectivity index (χ2n) is 2.51. The lowest BCUT2D eigenvalue weighted by atomic mass is 9.98. The number of hydrogen-bond acceptors (Lipinski definition) is 3. The van der Waals surface area contributed by atoms with Crippen LogP contribution in [0.3, 0.4) is 0 Å². The van der Waals surface area contributed by atoms with Crippen molar-refractivity contribution in [2.24, 2.45) is 10.9 Å². The Hall–Kier alpha value is -0.410. The van der Waals surface area contributed by atoms with Gasteiger partial charge in [0.25, 0.3) is 0 Å². The van der Waals surface area contributed by atoms with E-state index >= 15 is 0 Å². The molecule has 60 valence electrons. The first-order chi connectivity index (χ1) is 4.60. The van der Waals surface area contributed by atoms with Crippen molar-refractivity contribution in [2.45, 2.75) is 32.8 Å². The van der Waals surface area contributed by atoms with Crippen LogP contribution >= 0.6 is 0 Å². The molecule has 0 amide bonds. The van der Waals surface area contributed by atoms with Gasteiger partial charge in [-0.05, 0) is 20.3 Å². The monoisotopic (exact) mass is 144 g/mol. The van der Waals surface area contributed by atoms with E-state index in [2.05, 4.69) is 4.99 Å². The molecule has 0 spiro atoms. The van der Waals surface area contributed by atoms with Crippen LogP contribution in [0.15, 0.2) is 4.99 Å². The zero-order valence-electron chi connectivity index (χ0n) is 7.14. The van der Waals surface area contributed by atoms with Gasteiger partial charge in [-0.1, -0.05) is 6.92 Å². The predicted molar refractivity (Wildman–Crippen MR) is 43.0 cm³/mol. The van der Waals surface area contributed by atoms with Crippen molar-refractivity contribution in [3.05, 3.63) is 0 Å². The second-order valence-corrected chi connectivity index (χ2v) is 2.51. The van der Waals surface area contributed by atoms with Gasteiger partial charge in [0, 0.05) is 12.8 Å². The maximum absolute atomic E-state index is 5.11. The van der Waals surface area contributed by atoms with Gasteiger partial charge in [-0.2, -0.15) is 0 Å². The fourth-order valence-corrected chi connectivity index (χ4v) is 0.661. The van der Waals surface area contributed by atoms with E-state index in [1.165, 1.54) is 0 Å². The number of hydrogen-bond donors (Lipinski definition) is 1. The first-order valence-corrected chi connectivity index (χ1v) is 3.42. The molecule has 1 atom stereocenters. The average molecular weight is 144 g/mol. The highest BCUT2D eigenvalue weighted by Crippen LogP contribution is 2.14. The first kappa shape index (κ1) is 9.59. The topological polar surface area (TPSA) is 47.6 Å². The molecule has 0 aliphatic carbocycles. The van der Waals surface area contributed by atoms with Crippen LogP contribution < -0.4 is 5.90 Å². The number of nitrogens with two attached hydrogens (primary N) is 1. The summed E-state index contributed by atoms with van der Waals surface area (Å²) in [6, 6.07) is 0. The Morgan fingerprint density at radius 2 is 2.20 bits per heavy atom. The van der Waals surface area contributed by atoms with E-state index in [-0.39, 0.29) is 5.60 Å². The molecule has 3 nitrogen and oxygen atoms in total. The molecular weight excluding hydrogens is 128 g/mol. The van der Waals surface area contributed by atoms with Crippen LogP contribution in [0.25, 0.3) is 0 Å². The molecule has 0 aliphatic rings. The molecule has 0 aromatic heterocycles. The molecule has 0 bridgehead atoms. The molecule has 3 heteroatoms. The van der Waals surface area contributed by atoms with Gasteiger partial charge >= 0.3 is 0 Å². The molecule has 0 aromatic rings. The van der Waals surface area contributed by atoms with Crippen LogP contribution in [0.1, 0.15) is 27.2 Å². The Morgan fingerprint density at radius 3 is 2.30 bits per heavy atom. The summed E-state index contributed by atoms with van der Waals surface area (Å²) in [4.78, 5) is 8.82. The van der Waals surface area contributed by atoms with Crippen molar-refractivity contribution in [2.75, 3.05) is 7.05 Å². The lowest BCUT2D eigenvalue weighted by Gasteiger charge is -2.24. The fourth-order valence-electron chi connectivity index (χ4n) is 0.661. The van der Waals surface area contributed by atoms with Crippen molar-refractivity contribution < 1.29 is 4.84 Å². The van der Waals surface area contributed by atoms with Crippen LogP contribution in [0.4, 0.5) is 0 Å². The molecule has 0 fully saturated rings. The Kier molecular flexibility index (Phi) is 3.53. The van der Waals surface area contributed by atoms with Crippen LogP contribution in [-0.2, 0) is 4.84 Å².